The Morgan fingerprint density at radius 3 is 2.41 bits per heavy atom. The number of hydrogen-bond donors (Lipinski definition) is 4. The summed E-state index contributed by atoms with van der Waals surface area (Å²) >= 11 is 0. The number of carboxylic acids is 1. The Morgan fingerprint density at radius 2 is 1.82 bits per heavy atom. The van der Waals surface area contributed by atoms with Crippen LogP contribution in [0.1, 0.15) is 18.0 Å². The first-order chi connectivity index (χ1) is 18.6. The number of nitro groups is 1. The van der Waals surface area contributed by atoms with Gasteiger partial charge in [-0.2, -0.15) is 0 Å². The first-order valence-electron chi connectivity index (χ1n) is 11.8. The van der Waals surface area contributed by atoms with Crippen LogP contribution in [0.15, 0.2) is 61.2 Å². The van der Waals surface area contributed by atoms with E-state index in [2.05, 4.69) is 22.5 Å². The molecule has 1 aliphatic heterocycles. The van der Waals surface area contributed by atoms with Crippen molar-refractivity contribution in [3.05, 3.63) is 76.9 Å². The molecule has 1 saturated heterocycles. The van der Waals surface area contributed by atoms with E-state index in [-0.39, 0.29) is 30.9 Å². The van der Waals surface area contributed by atoms with Gasteiger partial charge < -0.3 is 25.8 Å². The summed E-state index contributed by atoms with van der Waals surface area (Å²) in [6.07, 6.45) is -0.592. The number of methoxy groups -OCH3 is 1. The Bertz CT molecular complexity index is 1250. The van der Waals surface area contributed by atoms with Crippen molar-refractivity contribution < 1.29 is 33.9 Å². The van der Waals surface area contributed by atoms with Gasteiger partial charge in [-0.05, 0) is 29.8 Å². The van der Waals surface area contributed by atoms with Gasteiger partial charge in [0, 0.05) is 37.5 Å². The van der Waals surface area contributed by atoms with E-state index in [9.17, 15) is 34.4 Å². The summed E-state index contributed by atoms with van der Waals surface area (Å²) in [5, 5.41) is 28.4. The number of carboxylic acid groups (broad SMARTS) is 1. The molecule has 0 saturated carbocycles. The topological polar surface area (TPSA) is 183 Å². The number of benzene rings is 2. The molecule has 4 N–H and O–H groups in total. The first-order valence-corrected chi connectivity index (χ1v) is 11.8. The van der Waals surface area contributed by atoms with Gasteiger partial charge in [0.1, 0.15) is 5.75 Å². The minimum Gasteiger partial charge on any atom is -0.497 e. The number of nitrogens with zero attached hydrogens (tertiary/aromatic N) is 3. The molecule has 0 spiro atoms. The van der Waals surface area contributed by atoms with E-state index in [1.54, 1.807) is 24.3 Å². The molecular weight excluding hydrogens is 512 g/mol. The van der Waals surface area contributed by atoms with E-state index < -0.39 is 47.5 Å². The third-order valence-corrected chi connectivity index (χ3v) is 5.85. The van der Waals surface area contributed by atoms with Gasteiger partial charge in [-0.15, -0.1) is 6.58 Å². The molecule has 0 aromatic heterocycles. The maximum atomic E-state index is 13.6. The predicted octanol–water partition coefficient (Wildman–Crippen LogP) is 2.31. The van der Waals surface area contributed by atoms with Crippen molar-refractivity contribution in [2.24, 2.45) is 0 Å². The number of carbonyl (C=O) groups excluding carboxylic acids is 3. The van der Waals surface area contributed by atoms with Gasteiger partial charge in [-0.3, -0.25) is 29.5 Å². The van der Waals surface area contributed by atoms with E-state index >= 15 is 0 Å². The van der Waals surface area contributed by atoms with Crippen LogP contribution in [0.3, 0.4) is 0 Å². The molecule has 14 nitrogen and oxygen atoms in total. The van der Waals surface area contributed by atoms with Gasteiger partial charge in [-0.25, -0.2) is 9.59 Å². The zero-order valence-corrected chi connectivity index (χ0v) is 21.0. The molecule has 39 heavy (non-hydrogen) atoms. The van der Waals surface area contributed by atoms with Gasteiger partial charge in [0.25, 0.3) is 11.6 Å². The Hall–Kier alpha value is -5.14. The van der Waals surface area contributed by atoms with E-state index in [4.69, 9.17) is 4.74 Å². The second-order valence-corrected chi connectivity index (χ2v) is 8.40. The SMILES string of the molecule is C=CCNC(=O)N1CCN(C(=O)Nc2ccc(OC)cc2)C1C(=O)NC(CC(=O)O)c1cccc([N+](=O)[O-])c1. The summed E-state index contributed by atoms with van der Waals surface area (Å²) in [5.74, 6) is -1.54. The fourth-order valence-electron chi connectivity index (χ4n) is 4.00. The van der Waals surface area contributed by atoms with Crippen LogP contribution in [-0.4, -0.2) is 76.7 Å². The predicted molar refractivity (Wildman–Crippen MR) is 139 cm³/mol. The second kappa shape index (κ2) is 12.9. The highest BCUT2D eigenvalue weighted by molar-refractivity contribution is 5.96. The van der Waals surface area contributed by atoms with Crippen molar-refractivity contribution in [2.45, 2.75) is 18.6 Å². The third kappa shape index (κ3) is 7.21. The van der Waals surface area contributed by atoms with Gasteiger partial charge in [-0.1, -0.05) is 18.2 Å². The van der Waals surface area contributed by atoms with E-state index in [1.807, 2.05) is 0 Å². The molecule has 0 bridgehead atoms. The summed E-state index contributed by atoms with van der Waals surface area (Å²) < 4.78 is 5.10. The number of hydrogen-bond acceptors (Lipinski definition) is 7. The lowest BCUT2D eigenvalue weighted by molar-refractivity contribution is -0.384. The summed E-state index contributed by atoms with van der Waals surface area (Å²) in [6.45, 7) is 3.66. The molecule has 2 aromatic carbocycles. The van der Waals surface area contributed by atoms with Crippen molar-refractivity contribution in [3.8, 4) is 5.75 Å². The molecular formula is C25H28N6O8. The minimum atomic E-state index is -1.44. The molecule has 1 aliphatic rings. The van der Waals surface area contributed by atoms with Gasteiger partial charge >= 0.3 is 18.0 Å². The molecule has 3 rings (SSSR count). The number of non-ortho nitro benzene ring substituents is 1. The number of aliphatic carboxylic acids is 1. The van der Waals surface area contributed by atoms with Crippen LogP contribution in [0, 0.1) is 10.1 Å². The van der Waals surface area contributed by atoms with Gasteiger partial charge in [0.2, 0.25) is 0 Å². The van der Waals surface area contributed by atoms with Crippen LogP contribution >= 0.6 is 0 Å². The lowest BCUT2D eigenvalue weighted by Gasteiger charge is -2.30. The number of amides is 5. The lowest BCUT2D eigenvalue weighted by atomic mass is 10.0. The van der Waals surface area contributed by atoms with Crippen LogP contribution in [0.2, 0.25) is 0 Å². The molecule has 1 fully saturated rings. The van der Waals surface area contributed by atoms with E-state index in [0.29, 0.717) is 11.4 Å². The monoisotopic (exact) mass is 540 g/mol. The maximum absolute atomic E-state index is 13.6. The lowest BCUT2D eigenvalue weighted by Crippen LogP contribution is -2.56. The van der Waals surface area contributed by atoms with Crippen molar-refractivity contribution in [3.63, 3.8) is 0 Å². The van der Waals surface area contributed by atoms with Crippen LogP contribution in [0.5, 0.6) is 5.75 Å². The molecule has 5 amide bonds. The minimum absolute atomic E-state index is 0.00197. The highest BCUT2D eigenvalue weighted by atomic mass is 16.6. The number of ether oxygens (including phenoxy) is 1. The van der Waals surface area contributed by atoms with Gasteiger partial charge in [0.15, 0.2) is 6.17 Å². The maximum Gasteiger partial charge on any atom is 0.323 e. The largest absolute Gasteiger partial charge is 0.497 e. The summed E-state index contributed by atoms with van der Waals surface area (Å²) in [6, 6.07) is 9.17. The number of carbonyl (C=O) groups is 4. The van der Waals surface area contributed by atoms with Crippen molar-refractivity contribution in [1.29, 1.82) is 0 Å². The summed E-state index contributed by atoms with van der Waals surface area (Å²) in [4.78, 5) is 64.0. The summed E-state index contributed by atoms with van der Waals surface area (Å²) in [5.41, 5.74) is 0.300. The number of nitrogens with one attached hydrogen (secondary N) is 3. The van der Waals surface area contributed by atoms with Gasteiger partial charge in [0.05, 0.1) is 24.5 Å². The second-order valence-electron chi connectivity index (χ2n) is 8.40. The van der Waals surface area contributed by atoms with E-state index in [1.165, 1.54) is 31.4 Å². The van der Waals surface area contributed by atoms with Crippen LogP contribution in [0.25, 0.3) is 0 Å². The third-order valence-electron chi connectivity index (χ3n) is 5.85. The molecule has 14 heteroatoms. The van der Waals surface area contributed by atoms with Crippen molar-refractivity contribution in [2.75, 3.05) is 32.1 Å². The Kier molecular flexibility index (Phi) is 9.40. The molecule has 2 aromatic rings. The average molecular weight is 541 g/mol. The first kappa shape index (κ1) is 28.4. The Labute approximate surface area is 223 Å². The highest BCUT2D eigenvalue weighted by Crippen LogP contribution is 2.24. The molecule has 1 heterocycles. The fraction of sp³-hybridized carbons (Fsp3) is 0.280. The van der Waals surface area contributed by atoms with Crippen molar-refractivity contribution in [1.82, 2.24) is 20.4 Å². The smallest absolute Gasteiger partial charge is 0.323 e. The van der Waals surface area contributed by atoms with Crippen LogP contribution in [0.4, 0.5) is 21.0 Å². The molecule has 0 radical (unpaired) electrons. The standard InChI is InChI=1S/C25H28N6O8/c1-3-11-26-24(35)29-12-13-30(25(36)27-17-7-9-19(39-2)10-8-17)23(29)22(34)28-20(15-21(32)33)16-5-4-6-18(14-16)31(37)38/h3-10,14,20,23H,1,11-13,15H2,2H3,(H,26,35)(H,27,36)(H,28,34)(H,32,33). The number of rotatable bonds is 10. The molecule has 0 aliphatic carbocycles. The van der Waals surface area contributed by atoms with Crippen LogP contribution < -0.4 is 20.7 Å². The number of nitro benzene ring substituents is 1. The zero-order valence-electron chi connectivity index (χ0n) is 21.0. The average Bonchev–Trinajstić information content (AvgIpc) is 3.37. The highest BCUT2D eigenvalue weighted by Gasteiger charge is 2.43. The molecule has 2 unspecified atom stereocenters. The number of anilines is 1. The Morgan fingerprint density at radius 1 is 1.15 bits per heavy atom. The quantitative estimate of drug-likeness (QED) is 0.201. The zero-order chi connectivity index (χ0) is 28.5. The van der Waals surface area contributed by atoms with Crippen molar-refractivity contribution >= 4 is 35.3 Å². The number of urea groups is 2. The fourth-order valence-corrected chi connectivity index (χ4v) is 4.00. The normalized spacial score (nSPS) is 15.2. The summed E-state index contributed by atoms with van der Waals surface area (Å²) in [7, 11) is 1.50. The Balaban J connectivity index is 1.89. The molecule has 206 valence electrons. The van der Waals surface area contributed by atoms with Crippen LogP contribution in [-0.2, 0) is 9.59 Å². The van der Waals surface area contributed by atoms with E-state index in [0.717, 1.165) is 15.9 Å². The molecule has 2 atom stereocenters.